The number of piperidine rings is 1. The Bertz CT molecular complexity index is 1310. The van der Waals surface area contributed by atoms with Crippen molar-refractivity contribution < 1.29 is 9.13 Å². The van der Waals surface area contributed by atoms with Crippen molar-refractivity contribution in [2.45, 2.75) is 31.1 Å². The number of nitrogens with zero attached hydrogens (tertiary/aromatic N) is 1. The third kappa shape index (κ3) is 3.61. The van der Waals surface area contributed by atoms with Gasteiger partial charge >= 0.3 is 0 Å². The zero-order valence-corrected chi connectivity index (χ0v) is 19.7. The number of fused-ring (bicyclic) bond motifs is 4. The predicted molar refractivity (Wildman–Crippen MR) is 135 cm³/mol. The second-order valence-corrected chi connectivity index (χ2v) is 10.00. The minimum atomic E-state index is -0.158. The molecule has 4 aromatic rings. The zero-order valence-electron chi connectivity index (χ0n) is 19.7. The molecule has 0 radical (unpaired) electrons. The molecule has 3 nitrogen and oxygen atoms in total. The van der Waals surface area contributed by atoms with Crippen LogP contribution in [-0.4, -0.2) is 36.6 Å². The van der Waals surface area contributed by atoms with Crippen molar-refractivity contribution in [3.05, 3.63) is 101 Å². The fourth-order valence-electron chi connectivity index (χ4n) is 6.42. The van der Waals surface area contributed by atoms with Crippen molar-refractivity contribution in [2.75, 3.05) is 26.7 Å². The van der Waals surface area contributed by atoms with Gasteiger partial charge in [0.2, 0.25) is 0 Å². The molecule has 1 N–H and O–H groups in total. The summed E-state index contributed by atoms with van der Waals surface area (Å²) in [4.78, 5) is 6.11. The van der Waals surface area contributed by atoms with Crippen LogP contribution in [0.1, 0.15) is 28.8 Å². The first-order valence-corrected chi connectivity index (χ1v) is 12.3. The van der Waals surface area contributed by atoms with Crippen LogP contribution in [0.2, 0.25) is 0 Å². The summed E-state index contributed by atoms with van der Waals surface area (Å²) < 4.78 is 20.2. The number of nitrogens with one attached hydrogen (secondary N) is 1. The minimum absolute atomic E-state index is 0.0299. The highest BCUT2D eigenvalue weighted by Crippen LogP contribution is 2.49. The van der Waals surface area contributed by atoms with E-state index in [0.717, 1.165) is 56.5 Å². The topological polar surface area (TPSA) is 28.3 Å². The lowest BCUT2D eigenvalue weighted by molar-refractivity contribution is 0.0822. The van der Waals surface area contributed by atoms with Gasteiger partial charge in [-0.2, -0.15) is 0 Å². The summed E-state index contributed by atoms with van der Waals surface area (Å²) in [5, 5.41) is 1.05. The minimum Gasteiger partial charge on any atom is -0.497 e. The van der Waals surface area contributed by atoms with Crippen molar-refractivity contribution in [2.24, 2.45) is 5.92 Å². The lowest BCUT2D eigenvalue weighted by Gasteiger charge is -2.51. The van der Waals surface area contributed by atoms with E-state index in [0.29, 0.717) is 11.4 Å². The van der Waals surface area contributed by atoms with Crippen LogP contribution in [0.3, 0.4) is 0 Å². The monoisotopic (exact) mass is 454 g/mol. The van der Waals surface area contributed by atoms with Crippen molar-refractivity contribution in [3.63, 3.8) is 0 Å². The number of H-pyrrole nitrogens is 1. The quantitative estimate of drug-likeness (QED) is 0.406. The van der Waals surface area contributed by atoms with Crippen LogP contribution in [0.4, 0.5) is 4.39 Å². The van der Waals surface area contributed by atoms with Gasteiger partial charge in [0.05, 0.1) is 12.6 Å². The highest BCUT2D eigenvalue weighted by Gasteiger charge is 2.48. The Kier molecular flexibility index (Phi) is 5.41. The van der Waals surface area contributed by atoms with Gasteiger partial charge in [-0.15, -0.1) is 0 Å². The zero-order chi connectivity index (χ0) is 23.1. The van der Waals surface area contributed by atoms with Crippen LogP contribution in [-0.2, 0) is 24.7 Å². The number of para-hydroxylation sites is 1. The third-order valence-corrected chi connectivity index (χ3v) is 8.26. The van der Waals surface area contributed by atoms with Gasteiger partial charge in [-0.25, -0.2) is 4.39 Å². The molecule has 0 spiro atoms. The summed E-state index contributed by atoms with van der Waals surface area (Å²) >= 11 is 0. The van der Waals surface area contributed by atoms with Crippen LogP contribution in [0.5, 0.6) is 5.75 Å². The SMILES string of the molecule is COc1cccc([C@]23CCN(CCc4ccccc4)CC2Cc2c([nH]c4c(F)cccc24)C3)c1. The summed E-state index contributed by atoms with van der Waals surface area (Å²) in [6.45, 7) is 3.21. The van der Waals surface area contributed by atoms with E-state index in [1.807, 2.05) is 12.1 Å². The van der Waals surface area contributed by atoms with Crippen LogP contribution in [0, 0.1) is 11.7 Å². The third-order valence-electron chi connectivity index (χ3n) is 8.26. The molecule has 2 atom stereocenters. The Morgan fingerprint density at radius 1 is 1.06 bits per heavy atom. The first-order chi connectivity index (χ1) is 16.7. The van der Waals surface area contributed by atoms with Gasteiger partial charge in [-0.05, 0) is 73.0 Å². The van der Waals surface area contributed by atoms with Gasteiger partial charge in [0.15, 0.2) is 0 Å². The number of likely N-dealkylation sites (tertiary alicyclic amines) is 1. The molecular weight excluding hydrogens is 423 g/mol. The summed E-state index contributed by atoms with van der Waals surface area (Å²) in [5.41, 5.74) is 5.95. The average Bonchev–Trinajstić information content (AvgIpc) is 3.25. The van der Waals surface area contributed by atoms with E-state index < -0.39 is 0 Å². The molecule has 1 aromatic heterocycles. The Morgan fingerprint density at radius 2 is 1.91 bits per heavy atom. The van der Waals surface area contributed by atoms with Crippen LogP contribution < -0.4 is 4.74 Å². The Hall–Kier alpha value is -3.11. The average molecular weight is 455 g/mol. The Balaban J connectivity index is 1.36. The molecule has 6 rings (SSSR count). The normalized spacial score (nSPS) is 22.4. The largest absolute Gasteiger partial charge is 0.497 e. The standard InChI is InChI=1S/C30H31FN2O/c1-34-24-10-5-9-22(17-24)30-14-16-33(15-13-21-7-3-2-4-8-21)20-23(30)18-26-25-11-6-12-27(31)29(25)32-28(26)19-30/h2-12,17,23,32H,13-16,18-20H2,1H3/t23?,30-/m1/s1. The smallest absolute Gasteiger partial charge is 0.147 e. The molecule has 2 aliphatic rings. The number of aromatic amines is 1. The van der Waals surface area contributed by atoms with Gasteiger partial charge in [-0.3, -0.25) is 0 Å². The number of methoxy groups -OCH3 is 1. The molecule has 4 heteroatoms. The van der Waals surface area contributed by atoms with E-state index in [1.54, 1.807) is 13.2 Å². The fourth-order valence-corrected chi connectivity index (χ4v) is 6.42. The molecule has 174 valence electrons. The predicted octanol–water partition coefficient (Wildman–Crippen LogP) is 5.92. The molecule has 1 fully saturated rings. The molecule has 2 heterocycles. The fraction of sp³-hybridized carbons (Fsp3) is 0.333. The summed E-state index contributed by atoms with van der Waals surface area (Å²) in [5.74, 6) is 1.22. The number of ether oxygens (including phenoxy) is 1. The van der Waals surface area contributed by atoms with Crippen LogP contribution in [0.15, 0.2) is 72.8 Å². The number of aromatic nitrogens is 1. The van der Waals surface area contributed by atoms with Gasteiger partial charge in [-0.1, -0.05) is 54.6 Å². The van der Waals surface area contributed by atoms with Gasteiger partial charge < -0.3 is 14.6 Å². The number of rotatable bonds is 5. The number of hydrogen-bond donors (Lipinski definition) is 1. The van der Waals surface area contributed by atoms with E-state index in [1.165, 1.54) is 22.4 Å². The molecule has 0 saturated carbocycles. The maximum Gasteiger partial charge on any atom is 0.147 e. The van der Waals surface area contributed by atoms with Crippen molar-refractivity contribution in [1.29, 1.82) is 0 Å². The number of benzene rings is 3. The molecule has 1 unspecified atom stereocenters. The number of hydrogen-bond acceptors (Lipinski definition) is 2. The maximum absolute atomic E-state index is 14.6. The van der Waals surface area contributed by atoms with E-state index in [2.05, 4.69) is 64.5 Å². The first kappa shape index (κ1) is 21.4. The van der Waals surface area contributed by atoms with Gasteiger partial charge in [0.1, 0.15) is 11.6 Å². The van der Waals surface area contributed by atoms with E-state index in [4.69, 9.17) is 4.74 Å². The number of halogens is 1. The highest BCUT2D eigenvalue weighted by molar-refractivity contribution is 5.85. The second-order valence-electron chi connectivity index (χ2n) is 10.00. The molecule has 1 aliphatic carbocycles. The Morgan fingerprint density at radius 3 is 2.76 bits per heavy atom. The molecular formula is C30H31FN2O. The van der Waals surface area contributed by atoms with Crippen molar-refractivity contribution in [3.8, 4) is 5.75 Å². The van der Waals surface area contributed by atoms with E-state index >= 15 is 0 Å². The second kappa shape index (κ2) is 8.59. The van der Waals surface area contributed by atoms with Crippen molar-refractivity contribution >= 4 is 10.9 Å². The van der Waals surface area contributed by atoms with E-state index in [9.17, 15) is 4.39 Å². The molecule has 0 amide bonds. The van der Waals surface area contributed by atoms with Crippen LogP contribution in [0.25, 0.3) is 10.9 Å². The molecule has 0 bridgehead atoms. The molecule has 1 aliphatic heterocycles. The highest BCUT2D eigenvalue weighted by atomic mass is 19.1. The molecule has 3 aromatic carbocycles. The van der Waals surface area contributed by atoms with E-state index in [-0.39, 0.29) is 11.2 Å². The van der Waals surface area contributed by atoms with Crippen LogP contribution >= 0.6 is 0 Å². The molecule has 1 saturated heterocycles. The maximum atomic E-state index is 14.6. The summed E-state index contributed by atoms with van der Waals surface area (Å²) in [7, 11) is 1.74. The lowest BCUT2D eigenvalue weighted by Crippen LogP contribution is -2.54. The molecule has 34 heavy (non-hydrogen) atoms. The van der Waals surface area contributed by atoms with Gasteiger partial charge in [0.25, 0.3) is 0 Å². The Labute approximate surface area is 200 Å². The lowest BCUT2D eigenvalue weighted by atomic mass is 9.58. The first-order valence-electron chi connectivity index (χ1n) is 12.3. The summed E-state index contributed by atoms with van der Waals surface area (Å²) in [6, 6.07) is 24.9. The van der Waals surface area contributed by atoms with Gasteiger partial charge in [0, 0.05) is 29.6 Å². The summed E-state index contributed by atoms with van der Waals surface area (Å²) in [6.07, 6.45) is 4.05. The van der Waals surface area contributed by atoms with Crippen molar-refractivity contribution in [1.82, 2.24) is 9.88 Å².